The molecule has 3 nitrogen and oxygen atoms in total. The molecular weight excluding hydrogens is 188 g/mol. The molecule has 0 aliphatic heterocycles. The molecule has 0 bridgehead atoms. The lowest BCUT2D eigenvalue weighted by Crippen LogP contribution is -1.82. The van der Waals surface area contributed by atoms with E-state index in [1.807, 2.05) is 24.4 Å². The van der Waals surface area contributed by atoms with Crippen LogP contribution in [0.5, 0.6) is 5.75 Å². The fourth-order valence-corrected chi connectivity index (χ4v) is 1.92. The molecule has 0 fully saturated rings. The minimum atomic E-state index is 0.865. The van der Waals surface area contributed by atoms with Crippen LogP contribution in [0.4, 0.5) is 0 Å². The molecule has 3 heteroatoms. The number of nitrogens with one attached hydrogen (secondary N) is 1. The van der Waals surface area contributed by atoms with Crippen molar-refractivity contribution in [2.24, 2.45) is 0 Å². The Morgan fingerprint density at radius 3 is 3.00 bits per heavy atom. The second kappa shape index (κ2) is 2.98. The minimum absolute atomic E-state index is 0.865. The maximum atomic E-state index is 5.31. The van der Waals surface area contributed by atoms with Crippen molar-refractivity contribution >= 4 is 21.8 Å². The van der Waals surface area contributed by atoms with Gasteiger partial charge in [0.15, 0.2) is 0 Å². The average molecular weight is 198 g/mol. The van der Waals surface area contributed by atoms with Crippen LogP contribution in [0, 0.1) is 0 Å². The van der Waals surface area contributed by atoms with E-state index in [2.05, 4.69) is 16.0 Å². The average Bonchev–Trinajstić information content (AvgIpc) is 2.67. The number of benzene rings is 1. The van der Waals surface area contributed by atoms with Gasteiger partial charge in [0.25, 0.3) is 0 Å². The van der Waals surface area contributed by atoms with Crippen molar-refractivity contribution in [3.05, 3.63) is 36.7 Å². The van der Waals surface area contributed by atoms with Crippen molar-refractivity contribution in [2.75, 3.05) is 7.11 Å². The van der Waals surface area contributed by atoms with Crippen molar-refractivity contribution in [1.29, 1.82) is 0 Å². The molecule has 3 aromatic rings. The highest BCUT2D eigenvalue weighted by Gasteiger charge is 2.07. The van der Waals surface area contributed by atoms with Gasteiger partial charge in [-0.1, -0.05) is 12.1 Å². The van der Waals surface area contributed by atoms with Crippen LogP contribution in [0.1, 0.15) is 0 Å². The fraction of sp³-hybridized carbons (Fsp3) is 0.0833. The van der Waals surface area contributed by atoms with Crippen LogP contribution in [0.2, 0.25) is 0 Å². The molecule has 0 atom stereocenters. The van der Waals surface area contributed by atoms with Crippen LogP contribution in [0.3, 0.4) is 0 Å². The number of rotatable bonds is 1. The van der Waals surface area contributed by atoms with Crippen LogP contribution in [-0.4, -0.2) is 17.1 Å². The van der Waals surface area contributed by atoms with E-state index in [1.54, 1.807) is 13.3 Å². The zero-order chi connectivity index (χ0) is 10.3. The highest BCUT2D eigenvalue weighted by Crippen LogP contribution is 2.30. The molecule has 15 heavy (non-hydrogen) atoms. The molecular formula is C12H10N2O. The lowest BCUT2D eigenvalue weighted by atomic mass is 10.2. The van der Waals surface area contributed by atoms with Gasteiger partial charge in [0, 0.05) is 17.0 Å². The van der Waals surface area contributed by atoms with E-state index in [0.717, 1.165) is 16.8 Å². The fourth-order valence-electron chi connectivity index (χ4n) is 1.92. The summed E-state index contributed by atoms with van der Waals surface area (Å²) in [6.07, 6.45) is 3.63. The first kappa shape index (κ1) is 8.29. The summed E-state index contributed by atoms with van der Waals surface area (Å²) in [5, 5.41) is 2.35. The summed E-state index contributed by atoms with van der Waals surface area (Å²) in [4.78, 5) is 7.40. The number of fused-ring (bicyclic) bond motifs is 3. The van der Waals surface area contributed by atoms with Gasteiger partial charge < -0.3 is 9.72 Å². The molecule has 1 aromatic carbocycles. The Morgan fingerprint density at radius 2 is 2.13 bits per heavy atom. The number of aromatic nitrogens is 2. The Morgan fingerprint density at radius 1 is 1.20 bits per heavy atom. The van der Waals surface area contributed by atoms with Gasteiger partial charge in [-0.15, -0.1) is 0 Å². The molecule has 0 aliphatic carbocycles. The standard InChI is InChI=1S/C12H10N2O/c1-15-11-4-2-3-9-8-5-6-13-7-10(8)14-12(9)11/h2-7,14H,1H3. The van der Waals surface area contributed by atoms with Crippen LogP contribution in [-0.2, 0) is 0 Å². The van der Waals surface area contributed by atoms with E-state index in [9.17, 15) is 0 Å². The Kier molecular flexibility index (Phi) is 1.65. The number of H-pyrrole nitrogens is 1. The summed E-state index contributed by atoms with van der Waals surface area (Å²) in [6.45, 7) is 0. The summed E-state index contributed by atoms with van der Waals surface area (Å²) in [5.41, 5.74) is 2.07. The Labute approximate surface area is 86.7 Å². The SMILES string of the molecule is COc1cccc2c1[nH]c1cnccc12. The van der Waals surface area contributed by atoms with Gasteiger partial charge in [-0.25, -0.2) is 0 Å². The van der Waals surface area contributed by atoms with Crippen LogP contribution >= 0.6 is 0 Å². The number of hydrogen-bond acceptors (Lipinski definition) is 2. The van der Waals surface area contributed by atoms with E-state index in [4.69, 9.17) is 4.74 Å². The predicted molar refractivity (Wildman–Crippen MR) is 60.2 cm³/mol. The van der Waals surface area contributed by atoms with E-state index < -0.39 is 0 Å². The normalized spacial score (nSPS) is 11.0. The van der Waals surface area contributed by atoms with Gasteiger partial charge in [0.05, 0.1) is 24.3 Å². The lowest BCUT2D eigenvalue weighted by Gasteiger charge is -1.99. The smallest absolute Gasteiger partial charge is 0.142 e. The minimum Gasteiger partial charge on any atom is -0.495 e. The number of methoxy groups -OCH3 is 1. The third-order valence-corrected chi connectivity index (χ3v) is 2.62. The molecule has 2 aromatic heterocycles. The number of pyridine rings is 1. The number of hydrogen-bond donors (Lipinski definition) is 1. The zero-order valence-corrected chi connectivity index (χ0v) is 8.32. The first-order valence-electron chi connectivity index (χ1n) is 4.78. The predicted octanol–water partition coefficient (Wildman–Crippen LogP) is 2.72. The van der Waals surface area contributed by atoms with E-state index in [-0.39, 0.29) is 0 Å². The van der Waals surface area contributed by atoms with Gasteiger partial charge in [0.1, 0.15) is 5.75 Å². The van der Waals surface area contributed by atoms with Crippen LogP contribution < -0.4 is 4.74 Å². The molecule has 0 aliphatic rings. The molecule has 0 saturated carbocycles. The molecule has 0 unspecified atom stereocenters. The number of para-hydroxylation sites is 1. The van der Waals surface area contributed by atoms with E-state index in [0.29, 0.717) is 0 Å². The molecule has 3 rings (SSSR count). The lowest BCUT2D eigenvalue weighted by molar-refractivity contribution is 0.419. The Hall–Kier alpha value is -2.03. The van der Waals surface area contributed by atoms with Crippen molar-refractivity contribution in [3.63, 3.8) is 0 Å². The molecule has 0 amide bonds. The van der Waals surface area contributed by atoms with Gasteiger partial charge in [-0.2, -0.15) is 0 Å². The second-order valence-corrected chi connectivity index (χ2v) is 3.43. The Bertz CT molecular complexity index is 628. The first-order valence-corrected chi connectivity index (χ1v) is 4.78. The van der Waals surface area contributed by atoms with Crippen molar-refractivity contribution in [2.45, 2.75) is 0 Å². The molecule has 74 valence electrons. The topological polar surface area (TPSA) is 37.9 Å². The van der Waals surface area contributed by atoms with Gasteiger partial charge >= 0.3 is 0 Å². The monoisotopic (exact) mass is 198 g/mol. The molecule has 0 saturated heterocycles. The highest BCUT2D eigenvalue weighted by atomic mass is 16.5. The third-order valence-electron chi connectivity index (χ3n) is 2.62. The second-order valence-electron chi connectivity index (χ2n) is 3.43. The molecule has 0 spiro atoms. The molecule has 2 heterocycles. The van der Waals surface area contributed by atoms with Gasteiger partial charge in [-0.05, 0) is 12.1 Å². The third kappa shape index (κ3) is 1.09. The Balaban J connectivity index is 2.53. The van der Waals surface area contributed by atoms with E-state index >= 15 is 0 Å². The summed E-state index contributed by atoms with van der Waals surface area (Å²) < 4.78 is 5.31. The largest absolute Gasteiger partial charge is 0.495 e. The summed E-state index contributed by atoms with van der Waals surface area (Å²) >= 11 is 0. The maximum absolute atomic E-state index is 5.31. The van der Waals surface area contributed by atoms with Crippen molar-refractivity contribution in [1.82, 2.24) is 9.97 Å². The van der Waals surface area contributed by atoms with Crippen molar-refractivity contribution < 1.29 is 4.74 Å². The van der Waals surface area contributed by atoms with Gasteiger partial charge in [0.2, 0.25) is 0 Å². The van der Waals surface area contributed by atoms with Crippen molar-refractivity contribution in [3.8, 4) is 5.75 Å². The quantitative estimate of drug-likeness (QED) is 0.652. The number of aromatic amines is 1. The summed E-state index contributed by atoms with van der Waals surface area (Å²) in [7, 11) is 1.68. The molecule has 1 N–H and O–H groups in total. The van der Waals surface area contributed by atoms with Crippen LogP contribution in [0.25, 0.3) is 21.8 Å². The number of nitrogens with zero attached hydrogens (tertiary/aromatic N) is 1. The highest BCUT2D eigenvalue weighted by molar-refractivity contribution is 6.08. The van der Waals surface area contributed by atoms with Crippen LogP contribution in [0.15, 0.2) is 36.7 Å². The zero-order valence-electron chi connectivity index (χ0n) is 8.32. The number of ether oxygens (including phenoxy) is 1. The maximum Gasteiger partial charge on any atom is 0.142 e. The molecule has 0 radical (unpaired) electrons. The van der Waals surface area contributed by atoms with Gasteiger partial charge in [-0.3, -0.25) is 4.98 Å². The van der Waals surface area contributed by atoms with E-state index in [1.165, 1.54) is 10.8 Å². The first-order chi connectivity index (χ1) is 7.40. The summed E-state index contributed by atoms with van der Waals surface area (Å²) in [6, 6.07) is 8.03. The summed E-state index contributed by atoms with van der Waals surface area (Å²) in [5.74, 6) is 0.865.